The molecule has 0 saturated carbocycles. The van der Waals surface area contributed by atoms with E-state index < -0.39 is 0 Å². The molecule has 2 aromatic heterocycles. The fraction of sp³-hybridized carbons (Fsp3) is 0.381. The molecule has 1 amide bonds. The molecular formula is C21H25N5O2. The Balaban J connectivity index is 1.49. The van der Waals surface area contributed by atoms with Gasteiger partial charge in [-0.25, -0.2) is 4.98 Å². The van der Waals surface area contributed by atoms with Crippen molar-refractivity contribution in [2.75, 3.05) is 31.2 Å². The number of anilines is 1. The lowest BCUT2D eigenvalue weighted by atomic mass is 10.1. The zero-order chi connectivity index (χ0) is 19.5. The molecule has 4 rings (SSSR count). The average Bonchev–Trinajstić information content (AvgIpc) is 3.05. The predicted molar refractivity (Wildman–Crippen MR) is 109 cm³/mol. The van der Waals surface area contributed by atoms with E-state index in [-0.39, 0.29) is 11.9 Å². The molecule has 7 heteroatoms. The van der Waals surface area contributed by atoms with Crippen LogP contribution < -0.4 is 10.2 Å². The van der Waals surface area contributed by atoms with Crippen molar-refractivity contribution in [3.05, 3.63) is 53.9 Å². The number of rotatable bonds is 5. The molecule has 1 aliphatic heterocycles. The van der Waals surface area contributed by atoms with Crippen LogP contribution in [0.25, 0.3) is 11.0 Å². The van der Waals surface area contributed by atoms with Crippen molar-refractivity contribution in [3.8, 4) is 0 Å². The second kappa shape index (κ2) is 7.98. The number of nitrogens with one attached hydrogen (secondary N) is 1. The zero-order valence-electron chi connectivity index (χ0n) is 16.3. The third-order valence-corrected chi connectivity index (χ3v) is 5.06. The minimum atomic E-state index is -0.0862. The van der Waals surface area contributed by atoms with Crippen LogP contribution in [0.5, 0.6) is 0 Å². The third-order valence-electron chi connectivity index (χ3n) is 5.06. The summed E-state index contributed by atoms with van der Waals surface area (Å²) in [5.74, 6) is 0.831. The van der Waals surface area contributed by atoms with Crippen LogP contribution in [0.4, 0.5) is 5.95 Å². The SMILES string of the molecule is CC(Cc1cccnc1)NC(=O)c1ccc2c(c1)nc(N1CCOCC1)n2C. The van der Waals surface area contributed by atoms with Crippen molar-refractivity contribution in [1.29, 1.82) is 0 Å². The summed E-state index contributed by atoms with van der Waals surface area (Å²) in [4.78, 5) is 23.8. The molecule has 1 aromatic carbocycles. The van der Waals surface area contributed by atoms with Gasteiger partial charge in [0.05, 0.1) is 24.2 Å². The average molecular weight is 379 g/mol. The molecule has 0 spiro atoms. The number of aryl methyl sites for hydroxylation is 1. The van der Waals surface area contributed by atoms with E-state index in [0.29, 0.717) is 18.8 Å². The summed E-state index contributed by atoms with van der Waals surface area (Å²) in [6.07, 6.45) is 4.32. The van der Waals surface area contributed by atoms with E-state index in [1.165, 1.54) is 0 Å². The zero-order valence-corrected chi connectivity index (χ0v) is 16.3. The Bertz CT molecular complexity index is 964. The molecule has 1 N–H and O–H groups in total. The van der Waals surface area contributed by atoms with Gasteiger partial charge >= 0.3 is 0 Å². The van der Waals surface area contributed by atoms with Gasteiger partial charge in [-0.3, -0.25) is 9.78 Å². The lowest BCUT2D eigenvalue weighted by Gasteiger charge is -2.27. The molecule has 1 unspecified atom stereocenters. The Morgan fingerprint density at radius 1 is 1.29 bits per heavy atom. The van der Waals surface area contributed by atoms with Crippen LogP contribution in [-0.4, -0.2) is 52.8 Å². The number of imidazole rings is 1. The summed E-state index contributed by atoms with van der Waals surface area (Å²) in [7, 11) is 2.01. The monoisotopic (exact) mass is 379 g/mol. The maximum atomic E-state index is 12.7. The normalized spacial score (nSPS) is 15.6. The van der Waals surface area contributed by atoms with Crippen LogP contribution in [0.15, 0.2) is 42.7 Å². The molecule has 7 nitrogen and oxygen atoms in total. The molecule has 3 aromatic rings. The molecule has 146 valence electrons. The Hall–Kier alpha value is -2.93. The molecule has 28 heavy (non-hydrogen) atoms. The number of benzene rings is 1. The van der Waals surface area contributed by atoms with Gasteiger partial charge in [0.25, 0.3) is 5.91 Å². The molecule has 0 radical (unpaired) electrons. The summed E-state index contributed by atoms with van der Waals surface area (Å²) in [6, 6.07) is 9.63. The topological polar surface area (TPSA) is 72.3 Å². The number of carbonyl (C=O) groups excluding carboxylic acids is 1. The standard InChI is InChI=1S/C21H25N5O2/c1-15(12-16-4-3-7-22-14-16)23-20(27)17-5-6-19-18(13-17)24-21(25(19)2)26-8-10-28-11-9-26/h3-7,13-15H,8-12H2,1-2H3,(H,23,27). The second-order valence-corrected chi connectivity index (χ2v) is 7.21. The highest BCUT2D eigenvalue weighted by Crippen LogP contribution is 2.23. The van der Waals surface area contributed by atoms with Crippen LogP contribution in [0.3, 0.4) is 0 Å². The van der Waals surface area contributed by atoms with E-state index in [2.05, 4.69) is 19.8 Å². The van der Waals surface area contributed by atoms with Crippen molar-refractivity contribution in [3.63, 3.8) is 0 Å². The van der Waals surface area contributed by atoms with Gasteiger partial charge in [0, 0.05) is 44.1 Å². The summed E-state index contributed by atoms with van der Waals surface area (Å²) < 4.78 is 7.51. The molecule has 1 atom stereocenters. The number of aromatic nitrogens is 3. The molecule has 0 aliphatic carbocycles. The van der Waals surface area contributed by atoms with Crippen LogP contribution in [0, 0.1) is 0 Å². The molecule has 1 fully saturated rings. The van der Waals surface area contributed by atoms with Gasteiger partial charge in [-0.05, 0) is 43.2 Å². The highest BCUT2D eigenvalue weighted by molar-refractivity contribution is 5.97. The predicted octanol–water partition coefficient (Wildman–Crippen LogP) is 2.17. The lowest BCUT2D eigenvalue weighted by Crippen LogP contribution is -2.37. The van der Waals surface area contributed by atoms with Crippen LogP contribution in [0.1, 0.15) is 22.8 Å². The second-order valence-electron chi connectivity index (χ2n) is 7.21. The van der Waals surface area contributed by atoms with Gasteiger partial charge in [0.15, 0.2) is 0 Å². The summed E-state index contributed by atoms with van der Waals surface area (Å²) in [6.45, 7) is 5.09. The Labute approximate surface area is 164 Å². The number of pyridine rings is 1. The fourth-order valence-electron chi connectivity index (χ4n) is 3.61. The van der Waals surface area contributed by atoms with E-state index in [1.54, 1.807) is 6.20 Å². The first kappa shape index (κ1) is 18.4. The first-order valence-corrected chi connectivity index (χ1v) is 9.61. The Morgan fingerprint density at radius 3 is 2.86 bits per heavy atom. The maximum absolute atomic E-state index is 12.7. The number of nitrogens with zero attached hydrogens (tertiary/aromatic N) is 4. The quantitative estimate of drug-likeness (QED) is 0.736. The van der Waals surface area contributed by atoms with Crippen molar-refractivity contribution in [2.24, 2.45) is 7.05 Å². The molecular weight excluding hydrogens is 354 g/mol. The first-order chi connectivity index (χ1) is 13.6. The van der Waals surface area contributed by atoms with E-state index in [9.17, 15) is 4.79 Å². The fourth-order valence-corrected chi connectivity index (χ4v) is 3.61. The molecule has 3 heterocycles. The lowest BCUT2D eigenvalue weighted by molar-refractivity contribution is 0.0940. The molecule has 1 aliphatic rings. The first-order valence-electron chi connectivity index (χ1n) is 9.61. The summed E-state index contributed by atoms with van der Waals surface area (Å²) >= 11 is 0. The largest absolute Gasteiger partial charge is 0.378 e. The van der Waals surface area contributed by atoms with Gasteiger partial charge in [0.1, 0.15) is 0 Å². The van der Waals surface area contributed by atoms with Gasteiger partial charge in [-0.15, -0.1) is 0 Å². The van der Waals surface area contributed by atoms with E-state index >= 15 is 0 Å². The van der Waals surface area contributed by atoms with Crippen LogP contribution in [-0.2, 0) is 18.2 Å². The number of amides is 1. The van der Waals surface area contributed by atoms with Crippen molar-refractivity contribution in [1.82, 2.24) is 19.9 Å². The summed E-state index contributed by atoms with van der Waals surface area (Å²) in [5, 5.41) is 3.07. The van der Waals surface area contributed by atoms with Gasteiger partial charge in [-0.2, -0.15) is 0 Å². The molecule has 1 saturated heterocycles. The minimum absolute atomic E-state index is 0.0139. The van der Waals surface area contributed by atoms with Gasteiger partial charge in [-0.1, -0.05) is 6.07 Å². The van der Waals surface area contributed by atoms with Crippen molar-refractivity contribution in [2.45, 2.75) is 19.4 Å². The maximum Gasteiger partial charge on any atom is 0.251 e. The number of ether oxygens (including phenoxy) is 1. The third kappa shape index (κ3) is 3.84. The van der Waals surface area contributed by atoms with E-state index in [1.807, 2.05) is 50.5 Å². The number of morpholine rings is 1. The van der Waals surface area contributed by atoms with E-state index in [0.717, 1.165) is 42.1 Å². The number of fused-ring (bicyclic) bond motifs is 1. The van der Waals surface area contributed by atoms with Crippen LogP contribution >= 0.6 is 0 Å². The van der Waals surface area contributed by atoms with Crippen molar-refractivity contribution < 1.29 is 9.53 Å². The number of hydrogen-bond acceptors (Lipinski definition) is 5. The summed E-state index contributed by atoms with van der Waals surface area (Å²) in [5.41, 5.74) is 3.57. The van der Waals surface area contributed by atoms with Gasteiger partial charge < -0.3 is 19.5 Å². The highest BCUT2D eigenvalue weighted by atomic mass is 16.5. The minimum Gasteiger partial charge on any atom is -0.378 e. The highest BCUT2D eigenvalue weighted by Gasteiger charge is 2.19. The Morgan fingerprint density at radius 2 is 2.11 bits per heavy atom. The Kier molecular flexibility index (Phi) is 5.25. The smallest absolute Gasteiger partial charge is 0.251 e. The van der Waals surface area contributed by atoms with Gasteiger partial charge in [0.2, 0.25) is 5.95 Å². The number of hydrogen-bond donors (Lipinski definition) is 1. The van der Waals surface area contributed by atoms with Crippen LogP contribution in [0.2, 0.25) is 0 Å². The molecule has 0 bridgehead atoms. The number of carbonyl (C=O) groups is 1. The van der Waals surface area contributed by atoms with Crippen molar-refractivity contribution >= 4 is 22.9 Å². The van der Waals surface area contributed by atoms with E-state index in [4.69, 9.17) is 9.72 Å².